The molecule has 0 fully saturated rings. The molecule has 4 atom stereocenters. The minimum atomic E-state index is -1.37. The number of hydrogen-bond acceptors (Lipinski definition) is 9. The number of nitrogens with two attached hydrogens (primary N) is 1. The Morgan fingerprint density at radius 1 is 0.903 bits per heavy atom. The van der Waals surface area contributed by atoms with Crippen LogP contribution in [0.2, 0.25) is 0 Å². The van der Waals surface area contributed by atoms with Gasteiger partial charge in [-0.2, -0.15) is 0 Å². The number of carboxylic acid groups (broad SMARTS) is 1. The number of hydrogen-bond donors (Lipinski definition) is 2. The van der Waals surface area contributed by atoms with Gasteiger partial charge in [-0.05, 0) is 38.5 Å². The van der Waals surface area contributed by atoms with Crippen molar-refractivity contribution in [2.45, 2.75) is 65.7 Å². The van der Waals surface area contributed by atoms with Crippen molar-refractivity contribution >= 4 is 24.1 Å². The van der Waals surface area contributed by atoms with Crippen LogP contribution in [0.1, 0.15) is 53.0 Å². The highest BCUT2D eigenvalue weighted by atomic mass is 16.7. The van der Waals surface area contributed by atoms with Gasteiger partial charge in [-0.15, -0.1) is 0 Å². The molecule has 0 aliphatic rings. The maximum Gasteiger partial charge on any atom is 0.508 e. The van der Waals surface area contributed by atoms with Crippen LogP contribution in [0.4, 0.5) is 4.79 Å². The number of rotatable bonds is 9. The second-order valence-corrected chi connectivity index (χ2v) is 7.38. The Bertz CT molecular complexity index is 821. The summed E-state index contributed by atoms with van der Waals surface area (Å²) < 4.78 is 20.4. The van der Waals surface area contributed by atoms with Crippen molar-refractivity contribution < 1.29 is 43.2 Å². The fraction of sp³-hybridized carbons (Fsp3) is 0.524. The monoisotopic (exact) mass is 439 g/mol. The van der Waals surface area contributed by atoms with Crippen LogP contribution < -0.4 is 15.2 Å². The van der Waals surface area contributed by atoms with Gasteiger partial charge in [0.25, 0.3) is 0 Å². The van der Waals surface area contributed by atoms with Crippen LogP contribution in [0.5, 0.6) is 11.5 Å². The SMILES string of the molecule is CC(=O)Oc1ccc(C(C(C)C(C)OC(=O)OC(C)C)[C@H](N)C(=O)O)cc1OC(C)=O. The molecule has 3 N–H and O–H groups in total. The zero-order chi connectivity index (χ0) is 23.9. The molecule has 0 bridgehead atoms. The summed E-state index contributed by atoms with van der Waals surface area (Å²) in [6.45, 7) is 8.95. The van der Waals surface area contributed by atoms with Gasteiger partial charge in [-0.3, -0.25) is 14.4 Å². The van der Waals surface area contributed by atoms with E-state index in [-0.39, 0.29) is 17.6 Å². The first-order valence-electron chi connectivity index (χ1n) is 9.69. The molecule has 10 heteroatoms. The predicted molar refractivity (Wildman–Crippen MR) is 109 cm³/mol. The summed E-state index contributed by atoms with van der Waals surface area (Å²) in [5.41, 5.74) is 6.34. The second-order valence-electron chi connectivity index (χ2n) is 7.38. The third-order valence-corrected chi connectivity index (χ3v) is 4.45. The molecule has 1 aromatic carbocycles. The van der Waals surface area contributed by atoms with E-state index in [9.17, 15) is 24.3 Å². The molecule has 0 aliphatic carbocycles. The summed E-state index contributed by atoms with van der Waals surface area (Å²) in [5, 5.41) is 9.52. The lowest BCUT2D eigenvalue weighted by Gasteiger charge is -2.31. The van der Waals surface area contributed by atoms with Crippen LogP contribution in [0.25, 0.3) is 0 Å². The van der Waals surface area contributed by atoms with Crippen molar-refractivity contribution in [1.82, 2.24) is 0 Å². The number of ether oxygens (including phenoxy) is 4. The molecule has 0 aromatic heterocycles. The zero-order valence-electron chi connectivity index (χ0n) is 18.4. The van der Waals surface area contributed by atoms with Crippen molar-refractivity contribution in [3.63, 3.8) is 0 Å². The van der Waals surface area contributed by atoms with Crippen molar-refractivity contribution in [3.05, 3.63) is 23.8 Å². The van der Waals surface area contributed by atoms with Crippen LogP contribution in [0.15, 0.2) is 18.2 Å². The molecule has 3 unspecified atom stereocenters. The fourth-order valence-corrected chi connectivity index (χ4v) is 2.97. The Labute approximate surface area is 180 Å². The van der Waals surface area contributed by atoms with Crippen molar-refractivity contribution in [3.8, 4) is 11.5 Å². The van der Waals surface area contributed by atoms with Crippen LogP contribution in [0.3, 0.4) is 0 Å². The Balaban J connectivity index is 3.34. The molecule has 0 radical (unpaired) electrons. The smallest absolute Gasteiger partial charge is 0.480 e. The molecule has 0 saturated heterocycles. The molecule has 1 aromatic rings. The summed E-state index contributed by atoms with van der Waals surface area (Å²) in [4.78, 5) is 46.3. The number of carboxylic acids is 1. The Morgan fingerprint density at radius 3 is 1.94 bits per heavy atom. The largest absolute Gasteiger partial charge is 0.508 e. The molecular formula is C21H29NO9. The molecule has 0 aliphatic heterocycles. The van der Waals surface area contributed by atoms with Crippen LogP contribution >= 0.6 is 0 Å². The average molecular weight is 439 g/mol. The van der Waals surface area contributed by atoms with E-state index in [1.54, 1.807) is 27.7 Å². The van der Waals surface area contributed by atoms with Gasteiger partial charge in [0.1, 0.15) is 12.1 Å². The number of esters is 2. The van der Waals surface area contributed by atoms with E-state index in [2.05, 4.69) is 0 Å². The molecule has 10 nitrogen and oxygen atoms in total. The number of aliphatic carboxylic acids is 1. The van der Waals surface area contributed by atoms with Gasteiger partial charge in [0.05, 0.1) is 6.10 Å². The minimum absolute atomic E-state index is 0.00782. The van der Waals surface area contributed by atoms with Crippen LogP contribution in [0, 0.1) is 5.92 Å². The van der Waals surface area contributed by atoms with Crippen molar-refractivity contribution in [2.24, 2.45) is 11.7 Å². The van der Waals surface area contributed by atoms with Crippen molar-refractivity contribution in [1.29, 1.82) is 0 Å². The quantitative estimate of drug-likeness (QED) is 0.434. The maximum absolute atomic E-state index is 11.9. The Hall–Kier alpha value is -3.14. The van der Waals surface area contributed by atoms with E-state index in [0.29, 0.717) is 5.56 Å². The predicted octanol–water partition coefficient (Wildman–Crippen LogP) is 2.62. The third-order valence-electron chi connectivity index (χ3n) is 4.45. The topological polar surface area (TPSA) is 151 Å². The van der Waals surface area contributed by atoms with E-state index in [1.165, 1.54) is 32.0 Å². The zero-order valence-corrected chi connectivity index (χ0v) is 18.4. The van der Waals surface area contributed by atoms with Gasteiger partial charge in [0.15, 0.2) is 11.5 Å². The van der Waals surface area contributed by atoms with Gasteiger partial charge < -0.3 is 29.8 Å². The van der Waals surface area contributed by atoms with Crippen LogP contribution in [-0.4, -0.2) is 47.4 Å². The first-order chi connectivity index (χ1) is 14.3. The minimum Gasteiger partial charge on any atom is -0.480 e. The Morgan fingerprint density at radius 2 is 1.45 bits per heavy atom. The molecule has 1 rings (SSSR count). The summed E-state index contributed by atoms with van der Waals surface area (Å²) in [6.07, 6.45) is -2.03. The highest BCUT2D eigenvalue weighted by Gasteiger charge is 2.36. The van der Waals surface area contributed by atoms with E-state index < -0.39 is 48.0 Å². The fourth-order valence-electron chi connectivity index (χ4n) is 2.97. The van der Waals surface area contributed by atoms with E-state index in [1.807, 2.05) is 0 Å². The molecular weight excluding hydrogens is 410 g/mol. The molecule has 172 valence electrons. The van der Waals surface area contributed by atoms with Gasteiger partial charge in [-0.25, -0.2) is 4.79 Å². The molecule has 0 amide bonds. The van der Waals surface area contributed by atoms with Gasteiger partial charge in [0, 0.05) is 25.7 Å². The molecule has 0 saturated carbocycles. The van der Waals surface area contributed by atoms with E-state index in [4.69, 9.17) is 24.7 Å². The van der Waals surface area contributed by atoms with Gasteiger partial charge in [-0.1, -0.05) is 13.0 Å². The highest BCUT2D eigenvalue weighted by Crippen LogP contribution is 2.37. The van der Waals surface area contributed by atoms with Gasteiger partial charge in [0.2, 0.25) is 0 Å². The lowest BCUT2D eigenvalue weighted by molar-refractivity contribution is -0.139. The lowest BCUT2D eigenvalue weighted by Crippen LogP contribution is -2.42. The van der Waals surface area contributed by atoms with Crippen LogP contribution in [-0.2, 0) is 23.9 Å². The molecule has 31 heavy (non-hydrogen) atoms. The average Bonchev–Trinajstić information content (AvgIpc) is 2.61. The lowest BCUT2D eigenvalue weighted by atomic mass is 9.79. The summed E-state index contributed by atoms with van der Waals surface area (Å²) in [6, 6.07) is 2.89. The summed E-state index contributed by atoms with van der Waals surface area (Å²) in [5.74, 6) is -4.05. The maximum atomic E-state index is 11.9. The van der Waals surface area contributed by atoms with Gasteiger partial charge >= 0.3 is 24.1 Å². The first kappa shape index (κ1) is 25.9. The van der Waals surface area contributed by atoms with Crippen molar-refractivity contribution in [2.75, 3.05) is 0 Å². The van der Waals surface area contributed by atoms with E-state index in [0.717, 1.165) is 0 Å². The standard InChI is InChI=1S/C21H29NO9/c1-10(2)28-21(27)29-12(4)11(3)18(19(22)20(25)26)15-7-8-16(30-13(5)23)17(9-15)31-14(6)24/h7-12,18-19H,22H2,1-6H3,(H,25,26)/t11?,12?,18?,19-/m0/s1. The third kappa shape index (κ3) is 7.89. The number of benzene rings is 1. The highest BCUT2D eigenvalue weighted by molar-refractivity contribution is 5.76. The molecule has 0 spiro atoms. The summed E-state index contributed by atoms with van der Waals surface area (Å²) in [7, 11) is 0. The number of carbonyl (C=O) groups excluding carboxylic acids is 3. The number of carbonyl (C=O) groups is 4. The molecule has 0 heterocycles. The second kappa shape index (κ2) is 11.3. The summed E-state index contributed by atoms with van der Waals surface area (Å²) >= 11 is 0. The first-order valence-corrected chi connectivity index (χ1v) is 9.69. The normalized spacial score (nSPS) is 14.7. The Kier molecular flexibility index (Phi) is 9.44. The van der Waals surface area contributed by atoms with E-state index >= 15 is 0 Å².